The molecule has 4 aromatic rings. The molecule has 0 unspecified atom stereocenters. The highest BCUT2D eigenvalue weighted by Crippen LogP contribution is 2.34. The van der Waals surface area contributed by atoms with Crippen molar-refractivity contribution in [3.63, 3.8) is 0 Å². The van der Waals surface area contributed by atoms with Crippen LogP contribution in [0.4, 0.5) is 11.5 Å². The molecule has 1 amide bonds. The lowest BCUT2D eigenvalue weighted by Gasteiger charge is -2.12. The van der Waals surface area contributed by atoms with Crippen LogP contribution in [0, 0.1) is 6.92 Å². The second-order valence-electron chi connectivity index (χ2n) is 7.26. The normalized spacial score (nSPS) is 11.0. The predicted molar refractivity (Wildman–Crippen MR) is 127 cm³/mol. The number of nitrogens with one attached hydrogen (secondary N) is 2. The summed E-state index contributed by atoms with van der Waals surface area (Å²) in [6, 6.07) is 15.0. The summed E-state index contributed by atoms with van der Waals surface area (Å²) in [6.45, 7) is 2.22. The average Bonchev–Trinajstić information content (AvgIpc) is 3.26. The summed E-state index contributed by atoms with van der Waals surface area (Å²) in [4.78, 5) is 20.7. The third-order valence-corrected chi connectivity index (χ3v) is 4.97. The van der Waals surface area contributed by atoms with Crippen molar-refractivity contribution in [2.45, 2.75) is 13.5 Å². The first-order valence-electron chi connectivity index (χ1n) is 10.3. The number of anilines is 2. The van der Waals surface area contributed by atoms with Gasteiger partial charge in [0.15, 0.2) is 11.5 Å². The predicted octanol–water partition coefficient (Wildman–Crippen LogP) is 4.62. The van der Waals surface area contributed by atoms with E-state index in [-0.39, 0.29) is 5.91 Å². The van der Waals surface area contributed by atoms with Crippen molar-refractivity contribution >= 4 is 34.4 Å². The molecule has 0 bridgehead atoms. The number of furan rings is 1. The fourth-order valence-electron chi connectivity index (χ4n) is 3.28. The second kappa shape index (κ2) is 9.86. The summed E-state index contributed by atoms with van der Waals surface area (Å²) >= 11 is 0. The Hall–Kier alpha value is -4.33. The molecule has 4 rings (SSSR count). The van der Waals surface area contributed by atoms with E-state index in [1.54, 1.807) is 20.3 Å². The lowest BCUT2D eigenvalue weighted by molar-refractivity contribution is -0.116. The van der Waals surface area contributed by atoms with E-state index in [1.165, 1.54) is 12.4 Å². The van der Waals surface area contributed by atoms with Gasteiger partial charge < -0.3 is 24.5 Å². The Morgan fingerprint density at radius 2 is 1.79 bits per heavy atom. The van der Waals surface area contributed by atoms with E-state index < -0.39 is 0 Å². The van der Waals surface area contributed by atoms with Gasteiger partial charge in [-0.1, -0.05) is 12.1 Å². The summed E-state index contributed by atoms with van der Waals surface area (Å²) in [5.74, 6) is 3.20. The Morgan fingerprint density at radius 3 is 2.48 bits per heavy atom. The number of benzene rings is 2. The number of fused-ring (bicyclic) bond motifs is 1. The monoisotopic (exact) mass is 444 g/mol. The molecule has 2 aromatic heterocycles. The third kappa shape index (κ3) is 5.30. The zero-order chi connectivity index (χ0) is 23.2. The number of hydrogen-bond donors (Lipinski definition) is 2. The van der Waals surface area contributed by atoms with Gasteiger partial charge in [0.05, 0.1) is 26.3 Å². The minimum Gasteiger partial charge on any atom is -0.493 e. The van der Waals surface area contributed by atoms with Crippen molar-refractivity contribution in [3.8, 4) is 11.5 Å². The van der Waals surface area contributed by atoms with Crippen LogP contribution >= 0.6 is 0 Å². The van der Waals surface area contributed by atoms with E-state index in [0.717, 1.165) is 33.7 Å². The van der Waals surface area contributed by atoms with E-state index in [2.05, 4.69) is 20.6 Å². The average molecular weight is 444 g/mol. The van der Waals surface area contributed by atoms with Gasteiger partial charge in [0.2, 0.25) is 5.91 Å². The van der Waals surface area contributed by atoms with Crippen molar-refractivity contribution in [3.05, 3.63) is 78.0 Å². The van der Waals surface area contributed by atoms with Crippen LogP contribution in [0.25, 0.3) is 17.0 Å². The SMILES string of the molecule is COc1cc2ncnc(Nc3ccc(/C=C/C(=O)NCc4ccc(C)o4)cc3)c2cc1OC. The Morgan fingerprint density at radius 1 is 1.03 bits per heavy atom. The molecule has 2 N–H and O–H groups in total. The van der Waals surface area contributed by atoms with Gasteiger partial charge in [-0.15, -0.1) is 0 Å². The first-order valence-corrected chi connectivity index (χ1v) is 10.3. The number of hydrogen-bond acceptors (Lipinski definition) is 7. The molecule has 0 aliphatic heterocycles. The molecular formula is C25H24N4O4. The fraction of sp³-hybridized carbons (Fsp3) is 0.160. The molecule has 0 spiro atoms. The number of carbonyl (C=O) groups is 1. The van der Waals surface area contributed by atoms with Crippen LogP contribution in [0.15, 0.2) is 65.4 Å². The van der Waals surface area contributed by atoms with Crippen LogP contribution in [0.3, 0.4) is 0 Å². The van der Waals surface area contributed by atoms with Gasteiger partial charge in [-0.25, -0.2) is 9.97 Å². The molecule has 0 atom stereocenters. The molecule has 8 nitrogen and oxygen atoms in total. The lowest BCUT2D eigenvalue weighted by atomic mass is 10.1. The van der Waals surface area contributed by atoms with Gasteiger partial charge in [-0.05, 0) is 48.9 Å². The zero-order valence-corrected chi connectivity index (χ0v) is 18.6. The van der Waals surface area contributed by atoms with Crippen LogP contribution in [0.1, 0.15) is 17.1 Å². The van der Waals surface area contributed by atoms with Crippen molar-refractivity contribution in [2.75, 3.05) is 19.5 Å². The van der Waals surface area contributed by atoms with E-state index in [1.807, 2.05) is 55.5 Å². The Kier molecular flexibility index (Phi) is 6.54. The molecule has 33 heavy (non-hydrogen) atoms. The summed E-state index contributed by atoms with van der Waals surface area (Å²) in [7, 11) is 3.18. The van der Waals surface area contributed by atoms with Gasteiger partial charge in [0.1, 0.15) is 23.7 Å². The van der Waals surface area contributed by atoms with Gasteiger partial charge in [0.25, 0.3) is 0 Å². The molecule has 0 saturated heterocycles. The highest BCUT2D eigenvalue weighted by molar-refractivity contribution is 5.93. The van der Waals surface area contributed by atoms with Gasteiger partial charge in [-0.2, -0.15) is 0 Å². The maximum atomic E-state index is 12.0. The van der Waals surface area contributed by atoms with Crippen molar-refractivity contribution in [1.82, 2.24) is 15.3 Å². The third-order valence-electron chi connectivity index (χ3n) is 4.97. The van der Waals surface area contributed by atoms with E-state index in [9.17, 15) is 4.79 Å². The first-order chi connectivity index (χ1) is 16.1. The number of aryl methyl sites for hydroxylation is 1. The number of amides is 1. The van der Waals surface area contributed by atoms with Crippen LogP contribution in [-0.4, -0.2) is 30.1 Å². The molecule has 8 heteroatoms. The number of methoxy groups -OCH3 is 2. The Balaban J connectivity index is 1.42. The largest absolute Gasteiger partial charge is 0.493 e. The number of aromatic nitrogens is 2. The summed E-state index contributed by atoms with van der Waals surface area (Å²) in [6.07, 6.45) is 4.75. The van der Waals surface area contributed by atoms with E-state index in [4.69, 9.17) is 13.9 Å². The smallest absolute Gasteiger partial charge is 0.244 e. The summed E-state index contributed by atoms with van der Waals surface area (Å²) in [5, 5.41) is 6.91. The van der Waals surface area contributed by atoms with Gasteiger partial charge in [-0.3, -0.25) is 4.79 Å². The van der Waals surface area contributed by atoms with Crippen LogP contribution in [0.5, 0.6) is 11.5 Å². The Bertz CT molecular complexity index is 1300. The molecule has 2 heterocycles. The topological polar surface area (TPSA) is 98.5 Å². The number of carbonyl (C=O) groups excluding carboxylic acids is 1. The summed E-state index contributed by atoms with van der Waals surface area (Å²) in [5.41, 5.74) is 2.48. The lowest BCUT2D eigenvalue weighted by Crippen LogP contribution is -2.19. The van der Waals surface area contributed by atoms with Crippen LogP contribution < -0.4 is 20.1 Å². The molecule has 0 fully saturated rings. The van der Waals surface area contributed by atoms with Crippen molar-refractivity contribution < 1.29 is 18.7 Å². The second-order valence-corrected chi connectivity index (χ2v) is 7.26. The number of nitrogens with zero attached hydrogens (tertiary/aromatic N) is 2. The van der Waals surface area contributed by atoms with E-state index >= 15 is 0 Å². The molecule has 2 aromatic carbocycles. The van der Waals surface area contributed by atoms with Gasteiger partial charge >= 0.3 is 0 Å². The standard InChI is InChI=1S/C25H24N4O4/c1-16-4-10-19(33-16)14-26-24(30)11-7-17-5-8-18(9-6-17)29-25-20-12-22(31-2)23(32-3)13-21(20)27-15-28-25/h4-13,15H,14H2,1-3H3,(H,26,30)(H,27,28,29)/b11-7+. The minimum absolute atomic E-state index is 0.192. The van der Waals surface area contributed by atoms with Crippen LogP contribution in [0.2, 0.25) is 0 Å². The zero-order valence-electron chi connectivity index (χ0n) is 18.6. The highest BCUT2D eigenvalue weighted by atomic mass is 16.5. The molecule has 168 valence electrons. The molecule has 0 aliphatic rings. The fourth-order valence-corrected chi connectivity index (χ4v) is 3.28. The molecule has 0 radical (unpaired) electrons. The Labute approximate surface area is 191 Å². The summed E-state index contributed by atoms with van der Waals surface area (Å²) < 4.78 is 16.2. The van der Waals surface area contributed by atoms with Crippen molar-refractivity contribution in [1.29, 1.82) is 0 Å². The number of ether oxygens (including phenoxy) is 2. The molecule has 0 saturated carbocycles. The van der Waals surface area contributed by atoms with Gasteiger partial charge in [0, 0.05) is 23.2 Å². The maximum absolute atomic E-state index is 12.0. The quantitative estimate of drug-likeness (QED) is 0.383. The molecular weight excluding hydrogens is 420 g/mol. The van der Waals surface area contributed by atoms with Crippen LogP contribution in [-0.2, 0) is 11.3 Å². The maximum Gasteiger partial charge on any atom is 0.244 e. The van der Waals surface area contributed by atoms with E-state index in [0.29, 0.717) is 23.9 Å². The van der Waals surface area contributed by atoms with Crippen molar-refractivity contribution in [2.24, 2.45) is 0 Å². The first kappa shape index (κ1) is 21.9. The number of rotatable bonds is 8. The molecule has 0 aliphatic carbocycles. The minimum atomic E-state index is -0.192. The highest BCUT2D eigenvalue weighted by Gasteiger charge is 2.11.